The molecule has 0 unspecified atom stereocenters. The molecular formula is C7H10O6. The Morgan fingerprint density at radius 1 is 1.69 bits per heavy atom. The highest BCUT2D eigenvalue weighted by Gasteiger charge is 2.39. The van der Waals surface area contributed by atoms with Gasteiger partial charge in [-0.05, 0) is 0 Å². The fourth-order valence-electron chi connectivity index (χ4n) is 1.00. The number of ether oxygens (including phenoxy) is 2. The van der Waals surface area contributed by atoms with Crippen LogP contribution in [-0.4, -0.2) is 47.2 Å². The Morgan fingerprint density at radius 3 is 2.69 bits per heavy atom. The van der Waals surface area contributed by atoms with Crippen molar-refractivity contribution in [2.45, 2.75) is 12.2 Å². The van der Waals surface area contributed by atoms with Crippen LogP contribution >= 0.6 is 0 Å². The van der Waals surface area contributed by atoms with E-state index in [0.717, 1.165) is 0 Å². The summed E-state index contributed by atoms with van der Waals surface area (Å²) in [5.41, 5.74) is 0. The van der Waals surface area contributed by atoms with Crippen LogP contribution in [0.4, 0.5) is 0 Å². The Hall–Kier alpha value is -1.27. The first-order valence-electron chi connectivity index (χ1n) is 3.58. The van der Waals surface area contributed by atoms with Crippen molar-refractivity contribution < 1.29 is 29.6 Å². The van der Waals surface area contributed by atoms with Gasteiger partial charge in [-0.1, -0.05) is 0 Å². The molecule has 3 N–H and O–H groups in total. The SMILES string of the molecule is COC1=C(O)[C@@H]([C@@H](O)CO)OC1=O. The molecule has 0 spiro atoms. The average molecular weight is 190 g/mol. The minimum absolute atomic E-state index is 0.336. The van der Waals surface area contributed by atoms with E-state index in [1.54, 1.807) is 0 Å². The molecule has 0 saturated carbocycles. The van der Waals surface area contributed by atoms with E-state index in [1.807, 2.05) is 0 Å². The van der Waals surface area contributed by atoms with Crippen molar-refractivity contribution in [3.05, 3.63) is 11.5 Å². The van der Waals surface area contributed by atoms with Crippen LogP contribution in [-0.2, 0) is 14.3 Å². The number of aliphatic hydroxyl groups excluding tert-OH is 3. The molecule has 1 rings (SSSR count). The molecule has 0 saturated heterocycles. The van der Waals surface area contributed by atoms with Crippen molar-refractivity contribution in [1.82, 2.24) is 0 Å². The third-order valence-electron chi connectivity index (χ3n) is 1.66. The van der Waals surface area contributed by atoms with Crippen LogP contribution in [0.1, 0.15) is 0 Å². The quantitative estimate of drug-likeness (QED) is 0.478. The molecule has 0 radical (unpaired) electrons. The average Bonchev–Trinajstić information content (AvgIpc) is 2.40. The van der Waals surface area contributed by atoms with Crippen LogP contribution in [0.3, 0.4) is 0 Å². The van der Waals surface area contributed by atoms with Gasteiger partial charge in [0.05, 0.1) is 13.7 Å². The lowest BCUT2D eigenvalue weighted by atomic mass is 10.2. The van der Waals surface area contributed by atoms with E-state index in [-0.39, 0.29) is 5.76 Å². The molecule has 0 aromatic rings. The summed E-state index contributed by atoms with van der Waals surface area (Å²) < 4.78 is 9.05. The summed E-state index contributed by atoms with van der Waals surface area (Å²) in [5.74, 6) is -1.68. The molecule has 6 nitrogen and oxygen atoms in total. The highest BCUT2D eigenvalue weighted by atomic mass is 16.6. The van der Waals surface area contributed by atoms with Crippen molar-refractivity contribution in [1.29, 1.82) is 0 Å². The summed E-state index contributed by atoms with van der Waals surface area (Å²) in [4.78, 5) is 10.9. The third kappa shape index (κ3) is 1.58. The zero-order valence-corrected chi connectivity index (χ0v) is 6.93. The second-order valence-electron chi connectivity index (χ2n) is 2.49. The Balaban J connectivity index is 2.84. The molecule has 1 heterocycles. The number of cyclic esters (lactones) is 1. The minimum Gasteiger partial charge on any atom is -0.505 e. The van der Waals surface area contributed by atoms with Gasteiger partial charge in [0.25, 0.3) is 0 Å². The van der Waals surface area contributed by atoms with Crippen molar-refractivity contribution in [2.75, 3.05) is 13.7 Å². The Morgan fingerprint density at radius 2 is 2.31 bits per heavy atom. The van der Waals surface area contributed by atoms with Crippen molar-refractivity contribution in [3.63, 3.8) is 0 Å². The maximum atomic E-state index is 10.9. The molecule has 2 atom stereocenters. The number of carbonyl (C=O) groups is 1. The summed E-state index contributed by atoms with van der Waals surface area (Å²) in [7, 11) is 1.19. The molecule has 74 valence electrons. The zero-order valence-electron chi connectivity index (χ0n) is 6.93. The Kier molecular flexibility index (Phi) is 2.74. The predicted octanol–water partition coefficient (Wildman–Crippen LogP) is -1.32. The lowest BCUT2D eigenvalue weighted by Crippen LogP contribution is -2.31. The van der Waals surface area contributed by atoms with E-state index in [2.05, 4.69) is 9.47 Å². The second-order valence-corrected chi connectivity index (χ2v) is 2.49. The van der Waals surface area contributed by atoms with Crippen LogP contribution in [0.15, 0.2) is 11.5 Å². The van der Waals surface area contributed by atoms with E-state index >= 15 is 0 Å². The summed E-state index contributed by atoms with van der Waals surface area (Å²) in [6.45, 7) is -0.612. The number of aliphatic hydroxyl groups is 3. The van der Waals surface area contributed by atoms with Gasteiger partial charge in [0.1, 0.15) is 6.10 Å². The number of hydrogen-bond acceptors (Lipinski definition) is 6. The van der Waals surface area contributed by atoms with Crippen molar-refractivity contribution in [2.24, 2.45) is 0 Å². The highest BCUT2D eigenvalue weighted by Crippen LogP contribution is 2.23. The van der Waals surface area contributed by atoms with Gasteiger partial charge in [-0.2, -0.15) is 0 Å². The Labute approximate surface area is 74.0 Å². The maximum Gasteiger partial charge on any atom is 0.378 e. The van der Waals surface area contributed by atoms with Gasteiger partial charge in [-0.25, -0.2) is 4.79 Å². The first-order valence-corrected chi connectivity index (χ1v) is 3.58. The van der Waals surface area contributed by atoms with Gasteiger partial charge in [0.2, 0.25) is 5.76 Å². The van der Waals surface area contributed by atoms with Gasteiger partial charge < -0.3 is 24.8 Å². The number of carbonyl (C=O) groups excluding carboxylic acids is 1. The normalized spacial score (nSPS) is 24.5. The first kappa shape index (κ1) is 9.82. The van der Waals surface area contributed by atoms with Gasteiger partial charge >= 0.3 is 5.97 Å². The summed E-state index contributed by atoms with van der Waals surface area (Å²) in [6.07, 6.45) is -2.57. The van der Waals surface area contributed by atoms with E-state index in [4.69, 9.17) is 10.2 Å². The molecule has 0 amide bonds. The molecule has 0 bridgehead atoms. The third-order valence-corrected chi connectivity index (χ3v) is 1.66. The molecule has 0 aliphatic carbocycles. The highest BCUT2D eigenvalue weighted by molar-refractivity contribution is 5.89. The second kappa shape index (κ2) is 3.63. The van der Waals surface area contributed by atoms with Crippen molar-refractivity contribution in [3.8, 4) is 0 Å². The van der Waals surface area contributed by atoms with E-state index in [1.165, 1.54) is 7.11 Å². The smallest absolute Gasteiger partial charge is 0.378 e. The largest absolute Gasteiger partial charge is 0.505 e. The summed E-state index contributed by atoms with van der Waals surface area (Å²) >= 11 is 0. The molecule has 0 aromatic heterocycles. The van der Waals surface area contributed by atoms with E-state index in [9.17, 15) is 9.90 Å². The van der Waals surface area contributed by atoms with Crippen LogP contribution < -0.4 is 0 Å². The fourth-order valence-corrected chi connectivity index (χ4v) is 1.00. The van der Waals surface area contributed by atoms with Crippen LogP contribution in [0.5, 0.6) is 0 Å². The van der Waals surface area contributed by atoms with Gasteiger partial charge in [0, 0.05) is 0 Å². The molecule has 6 heteroatoms. The summed E-state index contributed by atoms with van der Waals surface area (Å²) in [6, 6.07) is 0. The number of rotatable bonds is 3. The van der Waals surface area contributed by atoms with Gasteiger partial charge in [0.15, 0.2) is 11.9 Å². The van der Waals surface area contributed by atoms with Crippen LogP contribution in [0, 0.1) is 0 Å². The fraction of sp³-hybridized carbons (Fsp3) is 0.571. The molecule has 13 heavy (non-hydrogen) atoms. The lowest BCUT2D eigenvalue weighted by Gasteiger charge is -2.13. The van der Waals surface area contributed by atoms with Gasteiger partial charge in [-0.3, -0.25) is 0 Å². The maximum absolute atomic E-state index is 10.9. The van der Waals surface area contributed by atoms with Crippen LogP contribution in [0.2, 0.25) is 0 Å². The monoisotopic (exact) mass is 190 g/mol. The van der Waals surface area contributed by atoms with E-state index < -0.39 is 30.5 Å². The molecule has 0 fully saturated rings. The van der Waals surface area contributed by atoms with E-state index in [0.29, 0.717) is 0 Å². The number of esters is 1. The topological polar surface area (TPSA) is 96.2 Å². The Bertz CT molecular complexity index is 245. The number of hydrogen-bond donors (Lipinski definition) is 3. The summed E-state index contributed by atoms with van der Waals surface area (Å²) in [5, 5.41) is 26.9. The zero-order chi connectivity index (χ0) is 10.0. The lowest BCUT2D eigenvalue weighted by molar-refractivity contribution is -0.148. The van der Waals surface area contributed by atoms with Gasteiger partial charge in [-0.15, -0.1) is 0 Å². The molecule has 1 aliphatic rings. The number of methoxy groups -OCH3 is 1. The van der Waals surface area contributed by atoms with Crippen LogP contribution in [0.25, 0.3) is 0 Å². The molecule has 0 aromatic carbocycles. The standard InChI is InChI=1S/C7H10O6/c1-12-6-4(10)5(3(9)2-8)13-7(6)11/h3,5,8-10H,2H2,1H3/t3-,5+/m0/s1. The molecule has 1 aliphatic heterocycles. The van der Waals surface area contributed by atoms with Crippen molar-refractivity contribution >= 4 is 5.97 Å². The molecular weight excluding hydrogens is 180 g/mol. The minimum atomic E-state index is -1.34. The first-order chi connectivity index (χ1) is 6.11. The predicted molar refractivity (Wildman–Crippen MR) is 39.6 cm³/mol.